The molecule has 3 aromatic rings. The number of amides is 1. The van der Waals surface area contributed by atoms with E-state index in [1.165, 1.54) is 29.2 Å². The first-order valence-electron chi connectivity index (χ1n) is 8.30. The molecule has 1 amide bonds. The van der Waals surface area contributed by atoms with Crippen molar-refractivity contribution in [3.8, 4) is 5.95 Å². The van der Waals surface area contributed by atoms with Crippen molar-refractivity contribution < 1.29 is 18.0 Å². The van der Waals surface area contributed by atoms with Crippen LogP contribution in [-0.4, -0.2) is 31.4 Å². The first kappa shape index (κ1) is 18.5. The molecule has 0 saturated heterocycles. The van der Waals surface area contributed by atoms with Gasteiger partial charge in [-0.2, -0.15) is 23.0 Å². The topological polar surface area (TPSA) is 72.7 Å². The highest BCUT2D eigenvalue weighted by molar-refractivity contribution is 8.00. The first-order valence-corrected chi connectivity index (χ1v) is 9.35. The maximum absolute atomic E-state index is 13.6. The Hall–Kier alpha value is -2.88. The van der Waals surface area contributed by atoms with Crippen molar-refractivity contribution in [3.63, 3.8) is 0 Å². The molecule has 4 rings (SSSR count). The van der Waals surface area contributed by atoms with Crippen LogP contribution in [0.5, 0.6) is 0 Å². The highest BCUT2D eigenvalue weighted by Crippen LogP contribution is 2.47. The number of aromatic nitrogens is 4. The summed E-state index contributed by atoms with van der Waals surface area (Å²) in [6.45, 7) is 1.69. The predicted octanol–water partition coefficient (Wildman–Crippen LogP) is 3.76. The summed E-state index contributed by atoms with van der Waals surface area (Å²) in [6.07, 6.45) is -1.46. The molecule has 1 N–H and O–H groups in total. The average molecular weight is 405 g/mol. The van der Waals surface area contributed by atoms with E-state index in [1.54, 1.807) is 19.1 Å². The van der Waals surface area contributed by atoms with E-state index in [9.17, 15) is 18.0 Å². The Labute approximate surface area is 162 Å². The Kier molecular flexibility index (Phi) is 4.58. The lowest BCUT2D eigenvalue weighted by Crippen LogP contribution is -2.16. The maximum atomic E-state index is 13.6. The minimum atomic E-state index is -4.51. The maximum Gasteiger partial charge on any atom is 0.416 e. The number of alkyl halides is 3. The van der Waals surface area contributed by atoms with E-state index in [4.69, 9.17) is 0 Å². The lowest BCUT2D eigenvalue weighted by molar-refractivity contribution is -0.138. The molecule has 1 aliphatic rings. The van der Waals surface area contributed by atoms with Crippen LogP contribution < -0.4 is 5.32 Å². The summed E-state index contributed by atoms with van der Waals surface area (Å²) in [6, 6.07) is 7.04. The Balaban J connectivity index is 1.93. The molecular formula is C18H14F3N5OS. The van der Waals surface area contributed by atoms with Crippen molar-refractivity contribution in [2.75, 3.05) is 11.1 Å². The van der Waals surface area contributed by atoms with Crippen LogP contribution in [0.2, 0.25) is 0 Å². The normalized spacial score (nSPS) is 17.0. The number of fused-ring (bicyclic) bond motifs is 1. The zero-order valence-corrected chi connectivity index (χ0v) is 15.4. The summed E-state index contributed by atoms with van der Waals surface area (Å²) >= 11 is 1.13. The molecule has 0 saturated carbocycles. The van der Waals surface area contributed by atoms with Gasteiger partial charge in [0.25, 0.3) is 5.95 Å². The second-order valence-corrected chi connectivity index (χ2v) is 7.23. The van der Waals surface area contributed by atoms with Crippen LogP contribution in [0.1, 0.15) is 27.6 Å². The third kappa shape index (κ3) is 3.24. The second-order valence-electron chi connectivity index (χ2n) is 6.13. The van der Waals surface area contributed by atoms with Gasteiger partial charge in [-0.05, 0) is 24.6 Å². The van der Waals surface area contributed by atoms with Crippen LogP contribution in [-0.2, 0) is 11.0 Å². The van der Waals surface area contributed by atoms with Gasteiger partial charge in [0, 0.05) is 18.0 Å². The van der Waals surface area contributed by atoms with Gasteiger partial charge >= 0.3 is 6.18 Å². The molecule has 10 heteroatoms. The molecule has 0 fully saturated rings. The standard InChI is InChI=1S/C18H14F3N5OS/c1-10-14-15(11-5-2-3-6-12(11)18(19,20)21)28-9-13(27)24-16(14)26(25-10)17-22-7-4-8-23-17/h2-8,15H,9H2,1H3,(H,24,27)/t15-/m1/s1. The molecular weight excluding hydrogens is 391 g/mol. The monoisotopic (exact) mass is 405 g/mol. The largest absolute Gasteiger partial charge is 0.416 e. The molecule has 0 spiro atoms. The number of hydrogen-bond acceptors (Lipinski definition) is 5. The molecule has 2 aromatic heterocycles. The number of nitrogens with one attached hydrogen (secondary N) is 1. The summed E-state index contributed by atoms with van der Waals surface area (Å²) in [5.74, 6) is 0.207. The minimum absolute atomic E-state index is 0.0145. The van der Waals surface area contributed by atoms with Gasteiger partial charge in [-0.25, -0.2) is 9.97 Å². The molecule has 0 aliphatic carbocycles. The SMILES string of the molecule is Cc1nn(-c2ncccn2)c2c1[C@@H](c1ccccc1C(F)(F)F)SCC(=O)N2. The highest BCUT2D eigenvalue weighted by Gasteiger charge is 2.38. The molecule has 0 unspecified atom stereocenters. The van der Waals surface area contributed by atoms with Crippen molar-refractivity contribution in [2.24, 2.45) is 0 Å². The van der Waals surface area contributed by atoms with E-state index >= 15 is 0 Å². The molecule has 6 nitrogen and oxygen atoms in total. The molecule has 144 valence electrons. The smallest absolute Gasteiger partial charge is 0.309 e. The van der Waals surface area contributed by atoms with Crippen molar-refractivity contribution in [1.82, 2.24) is 19.7 Å². The Morgan fingerprint density at radius 3 is 2.61 bits per heavy atom. The number of aryl methyl sites for hydroxylation is 1. The number of hydrogen-bond donors (Lipinski definition) is 1. The first-order chi connectivity index (χ1) is 13.4. The van der Waals surface area contributed by atoms with E-state index in [2.05, 4.69) is 20.4 Å². The van der Waals surface area contributed by atoms with Crippen molar-refractivity contribution >= 4 is 23.5 Å². The number of rotatable bonds is 2. The van der Waals surface area contributed by atoms with Gasteiger partial charge in [0.15, 0.2) is 0 Å². The number of halogens is 3. The van der Waals surface area contributed by atoms with E-state index in [1.807, 2.05) is 0 Å². The van der Waals surface area contributed by atoms with Crippen molar-refractivity contribution in [3.05, 3.63) is 65.1 Å². The van der Waals surface area contributed by atoms with Crippen molar-refractivity contribution in [1.29, 1.82) is 0 Å². The molecule has 1 atom stereocenters. The van der Waals surface area contributed by atoms with E-state index in [-0.39, 0.29) is 23.2 Å². The molecule has 1 aliphatic heterocycles. The van der Waals surface area contributed by atoms with Gasteiger partial charge in [0.05, 0.1) is 22.3 Å². The number of thioether (sulfide) groups is 1. The molecule has 0 bridgehead atoms. The molecule has 0 radical (unpaired) electrons. The third-order valence-corrected chi connectivity index (χ3v) is 5.55. The Morgan fingerprint density at radius 1 is 1.18 bits per heavy atom. The van der Waals surface area contributed by atoms with Gasteiger partial charge in [-0.15, -0.1) is 11.8 Å². The fourth-order valence-electron chi connectivity index (χ4n) is 3.16. The number of nitrogens with zero attached hydrogens (tertiary/aromatic N) is 4. The summed E-state index contributed by atoms with van der Waals surface area (Å²) in [4.78, 5) is 20.5. The van der Waals surface area contributed by atoms with Crippen LogP contribution in [0.15, 0.2) is 42.7 Å². The van der Waals surface area contributed by atoms with Crippen LogP contribution in [0.3, 0.4) is 0 Å². The Morgan fingerprint density at radius 2 is 1.89 bits per heavy atom. The van der Waals surface area contributed by atoms with Crippen LogP contribution >= 0.6 is 11.8 Å². The number of benzene rings is 1. The van der Waals surface area contributed by atoms with Gasteiger partial charge in [0.2, 0.25) is 5.91 Å². The zero-order valence-electron chi connectivity index (χ0n) is 14.6. The minimum Gasteiger partial charge on any atom is -0.309 e. The lowest BCUT2D eigenvalue weighted by atomic mass is 9.98. The van der Waals surface area contributed by atoms with Gasteiger partial charge < -0.3 is 5.32 Å². The van der Waals surface area contributed by atoms with Crippen LogP contribution in [0.4, 0.5) is 19.0 Å². The quantitative estimate of drug-likeness (QED) is 0.703. The van der Waals surface area contributed by atoms with E-state index < -0.39 is 17.0 Å². The Bertz CT molecular complexity index is 1040. The number of carbonyl (C=O) groups is 1. The van der Waals surface area contributed by atoms with Crippen molar-refractivity contribution in [2.45, 2.75) is 18.3 Å². The summed E-state index contributed by atoms with van der Waals surface area (Å²) in [7, 11) is 0. The lowest BCUT2D eigenvalue weighted by Gasteiger charge is -2.20. The fraction of sp³-hybridized carbons (Fsp3) is 0.222. The second kappa shape index (κ2) is 6.93. The highest BCUT2D eigenvalue weighted by atomic mass is 32.2. The van der Waals surface area contributed by atoms with Gasteiger partial charge in [-0.3, -0.25) is 4.79 Å². The summed E-state index contributed by atoms with van der Waals surface area (Å²) in [5.41, 5.74) is 0.379. The summed E-state index contributed by atoms with van der Waals surface area (Å²) in [5, 5.41) is 6.42. The molecule has 3 heterocycles. The fourth-order valence-corrected chi connectivity index (χ4v) is 4.38. The average Bonchev–Trinajstić information content (AvgIpc) is 2.88. The van der Waals surface area contributed by atoms with Gasteiger partial charge in [0.1, 0.15) is 5.82 Å². The third-order valence-electron chi connectivity index (χ3n) is 4.30. The van der Waals surface area contributed by atoms with Gasteiger partial charge in [-0.1, -0.05) is 18.2 Å². The number of carbonyl (C=O) groups excluding carboxylic acids is 1. The van der Waals surface area contributed by atoms with E-state index in [0.29, 0.717) is 17.1 Å². The summed E-state index contributed by atoms with van der Waals surface area (Å²) < 4.78 is 42.1. The predicted molar refractivity (Wildman–Crippen MR) is 98.3 cm³/mol. The molecule has 28 heavy (non-hydrogen) atoms. The zero-order chi connectivity index (χ0) is 19.9. The van der Waals surface area contributed by atoms with Crippen LogP contribution in [0, 0.1) is 6.92 Å². The van der Waals surface area contributed by atoms with Crippen LogP contribution in [0.25, 0.3) is 5.95 Å². The number of anilines is 1. The molecule has 1 aromatic carbocycles. The van der Waals surface area contributed by atoms with E-state index in [0.717, 1.165) is 17.8 Å².